The Labute approximate surface area is 166 Å². The maximum absolute atomic E-state index is 12.9. The predicted molar refractivity (Wildman–Crippen MR) is 111 cm³/mol. The van der Waals surface area contributed by atoms with E-state index in [0.717, 1.165) is 5.56 Å². The lowest BCUT2D eigenvalue weighted by Crippen LogP contribution is -2.37. The second-order valence-corrected chi connectivity index (χ2v) is 8.45. The molecule has 1 N–H and O–H groups in total. The summed E-state index contributed by atoms with van der Waals surface area (Å²) in [6.07, 6.45) is 0. The number of thioether (sulfide) groups is 1. The Kier molecular flexibility index (Phi) is 5.87. The van der Waals surface area contributed by atoms with Gasteiger partial charge in [-0.3, -0.25) is 15.0 Å². The van der Waals surface area contributed by atoms with Gasteiger partial charge in [-0.25, -0.2) is 4.98 Å². The van der Waals surface area contributed by atoms with E-state index in [1.54, 1.807) is 49.4 Å². The summed E-state index contributed by atoms with van der Waals surface area (Å²) in [5.74, 6) is -0.736. The van der Waals surface area contributed by atoms with Crippen LogP contribution in [0, 0.1) is 0 Å². The van der Waals surface area contributed by atoms with E-state index in [0.29, 0.717) is 21.1 Å². The zero-order valence-corrected chi connectivity index (χ0v) is 16.8. The summed E-state index contributed by atoms with van der Waals surface area (Å²) < 4.78 is 1.25. The molecule has 0 aliphatic heterocycles. The molecule has 1 unspecified atom stereocenters. The molecule has 3 rings (SSSR count). The Bertz CT molecular complexity index is 1030. The van der Waals surface area contributed by atoms with E-state index in [1.165, 1.54) is 16.4 Å². The minimum absolute atomic E-state index is 0.204. The third-order valence-electron chi connectivity index (χ3n) is 4.07. The van der Waals surface area contributed by atoms with E-state index in [4.69, 9.17) is 11.6 Å². The molecule has 1 atom stereocenters. The second kappa shape index (κ2) is 8.15. The number of aromatic nitrogens is 2. The third-order valence-corrected chi connectivity index (χ3v) is 5.28. The largest absolute Gasteiger partial charge is 0.281 e. The number of hydrogen-bond acceptors (Lipinski definition) is 4. The minimum Gasteiger partial charge on any atom is -0.273 e. The van der Waals surface area contributed by atoms with Crippen molar-refractivity contribution in [1.82, 2.24) is 9.66 Å². The van der Waals surface area contributed by atoms with Gasteiger partial charge in [-0.15, -0.1) is 0 Å². The standard InChI is InChI=1S/C20H20ClN3O2S/c1-12(2)27-20-22-17-7-5-4-6-16(17)19(26)24(20)23-18(25)13(3)14-8-10-15(21)11-9-14/h4-13H,1-3H3,(H,23,25). The number of hydrogen-bond donors (Lipinski definition) is 1. The number of para-hydroxylation sites is 1. The van der Waals surface area contributed by atoms with Crippen molar-refractivity contribution in [2.24, 2.45) is 0 Å². The monoisotopic (exact) mass is 401 g/mol. The highest BCUT2D eigenvalue weighted by atomic mass is 35.5. The molecule has 3 aromatic rings. The van der Waals surface area contributed by atoms with Gasteiger partial charge in [0.1, 0.15) is 0 Å². The summed E-state index contributed by atoms with van der Waals surface area (Å²) in [7, 11) is 0. The van der Waals surface area contributed by atoms with Crippen LogP contribution in [0.1, 0.15) is 32.3 Å². The number of fused-ring (bicyclic) bond motifs is 1. The zero-order chi connectivity index (χ0) is 19.6. The number of nitrogens with zero attached hydrogens (tertiary/aromatic N) is 2. The lowest BCUT2D eigenvalue weighted by Gasteiger charge is -2.18. The first kappa shape index (κ1) is 19.5. The predicted octanol–water partition coefficient (Wildman–Crippen LogP) is 4.42. The first-order valence-electron chi connectivity index (χ1n) is 8.61. The van der Waals surface area contributed by atoms with Crippen molar-refractivity contribution in [1.29, 1.82) is 0 Å². The quantitative estimate of drug-likeness (QED) is 0.507. The summed E-state index contributed by atoms with van der Waals surface area (Å²) >= 11 is 7.34. The highest BCUT2D eigenvalue weighted by Gasteiger charge is 2.19. The normalized spacial score (nSPS) is 12.3. The number of carbonyl (C=O) groups excluding carboxylic acids is 1. The summed E-state index contributed by atoms with van der Waals surface area (Å²) in [5.41, 5.74) is 3.88. The van der Waals surface area contributed by atoms with Crippen LogP contribution in [0.15, 0.2) is 58.5 Å². The molecule has 0 aliphatic carbocycles. The van der Waals surface area contributed by atoms with Crippen LogP contribution in [0.2, 0.25) is 5.02 Å². The Morgan fingerprint density at radius 2 is 1.78 bits per heavy atom. The van der Waals surface area contributed by atoms with Crippen LogP contribution in [-0.4, -0.2) is 20.8 Å². The van der Waals surface area contributed by atoms with Gasteiger partial charge in [0.25, 0.3) is 5.56 Å². The lowest BCUT2D eigenvalue weighted by atomic mass is 10.0. The maximum Gasteiger partial charge on any atom is 0.281 e. The Morgan fingerprint density at radius 1 is 1.11 bits per heavy atom. The van der Waals surface area contributed by atoms with E-state index >= 15 is 0 Å². The van der Waals surface area contributed by atoms with Crippen molar-refractivity contribution >= 4 is 40.2 Å². The van der Waals surface area contributed by atoms with Crippen molar-refractivity contribution in [3.8, 4) is 0 Å². The summed E-state index contributed by atoms with van der Waals surface area (Å²) in [4.78, 5) is 30.3. The average Bonchev–Trinajstić information content (AvgIpc) is 2.64. The Balaban J connectivity index is 1.99. The van der Waals surface area contributed by atoms with Crippen LogP contribution in [0.3, 0.4) is 0 Å². The molecule has 7 heteroatoms. The number of benzene rings is 2. The fourth-order valence-corrected chi connectivity index (χ4v) is 3.54. The fraction of sp³-hybridized carbons (Fsp3) is 0.250. The van der Waals surface area contributed by atoms with Crippen LogP contribution in [0.4, 0.5) is 0 Å². The minimum atomic E-state index is -0.447. The number of nitrogens with one attached hydrogen (secondary N) is 1. The zero-order valence-electron chi connectivity index (χ0n) is 15.3. The SMILES string of the molecule is CC(C)Sc1nc2ccccc2c(=O)n1NC(=O)C(C)c1ccc(Cl)cc1. The first-order chi connectivity index (χ1) is 12.9. The van der Waals surface area contributed by atoms with Gasteiger partial charge in [-0.2, -0.15) is 4.68 Å². The topological polar surface area (TPSA) is 64.0 Å². The van der Waals surface area contributed by atoms with Gasteiger partial charge in [-0.1, -0.05) is 61.5 Å². The molecular formula is C20H20ClN3O2S. The van der Waals surface area contributed by atoms with Gasteiger partial charge in [-0.05, 0) is 36.8 Å². The summed E-state index contributed by atoms with van der Waals surface area (Å²) in [6.45, 7) is 5.80. The molecule has 0 spiro atoms. The molecule has 27 heavy (non-hydrogen) atoms. The Hall–Kier alpha value is -2.31. The van der Waals surface area contributed by atoms with Crippen LogP contribution in [0.5, 0.6) is 0 Å². The van der Waals surface area contributed by atoms with Crippen molar-refractivity contribution in [2.45, 2.75) is 37.1 Å². The van der Waals surface area contributed by atoms with Crippen LogP contribution >= 0.6 is 23.4 Å². The van der Waals surface area contributed by atoms with Gasteiger partial charge < -0.3 is 0 Å². The van der Waals surface area contributed by atoms with Crippen molar-refractivity contribution in [3.63, 3.8) is 0 Å². The molecule has 140 valence electrons. The molecule has 0 bridgehead atoms. The number of rotatable bonds is 5. The molecule has 0 fully saturated rings. The molecule has 1 aromatic heterocycles. The molecule has 2 aromatic carbocycles. The molecule has 0 radical (unpaired) electrons. The second-order valence-electron chi connectivity index (χ2n) is 6.47. The van der Waals surface area contributed by atoms with Crippen molar-refractivity contribution in [3.05, 3.63) is 69.5 Å². The van der Waals surface area contributed by atoms with Gasteiger partial charge in [0.15, 0.2) is 5.16 Å². The van der Waals surface area contributed by atoms with E-state index in [2.05, 4.69) is 10.4 Å². The van der Waals surface area contributed by atoms with Crippen LogP contribution < -0.4 is 11.0 Å². The van der Waals surface area contributed by atoms with Crippen molar-refractivity contribution in [2.75, 3.05) is 5.43 Å². The van der Waals surface area contributed by atoms with E-state index in [1.807, 2.05) is 19.9 Å². The number of carbonyl (C=O) groups is 1. The number of amides is 1. The summed E-state index contributed by atoms with van der Waals surface area (Å²) in [6, 6.07) is 14.2. The fourth-order valence-electron chi connectivity index (χ4n) is 2.61. The molecular weight excluding hydrogens is 382 g/mol. The van der Waals surface area contributed by atoms with Gasteiger partial charge >= 0.3 is 0 Å². The molecule has 5 nitrogen and oxygen atoms in total. The molecule has 0 saturated carbocycles. The maximum atomic E-state index is 12.9. The molecule has 0 aliphatic rings. The average molecular weight is 402 g/mol. The molecule has 0 saturated heterocycles. The number of halogens is 1. The van der Waals surface area contributed by atoms with Gasteiger partial charge in [0.05, 0.1) is 16.8 Å². The third kappa shape index (κ3) is 4.34. The highest BCUT2D eigenvalue weighted by molar-refractivity contribution is 7.99. The van der Waals surface area contributed by atoms with E-state index in [-0.39, 0.29) is 16.7 Å². The molecule has 1 amide bonds. The lowest BCUT2D eigenvalue weighted by molar-refractivity contribution is -0.118. The summed E-state index contributed by atoms with van der Waals surface area (Å²) in [5, 5.41) is 1.74. The first-order valence-corrected chi connectivity index (χ1v) is 9.87. The van der Waals surface area contributed by atoms with Crippen LogP contribution in [0.25, 0.3) is 10.9 Å². The van der Waals surface area contributed by atoms with Crippen LogP contribution in [-0.2, 0) is 4.79 Å². The van der Waals surface area contributed by atoms with Crippen molar-refractivity contribution < 1.29 is 4.79 Å². The highest BCUT2D eigenvalue weighted by Crippen LogP contribution is 2.22. The van der Waals surface area contributed by atoms with E-state index < -0.39 is 5.92 Å². The van der Waals surface area contributed by atoms with Gasteiger partial charge in [0.2, 0.25) is 5.91 Å². The molecule has 1 heterocycles. The van der Waals surface area contributed by atoms with E-state index in [9.17, 15) is 9.59 Å². The Morgan fingerprint density at radius 3 is 2.44 bits per heavy atom. The smallest absolute Gasteiger partial charge is 0.273 e. The van der Waals surface area contributed by atoms with Gasteiger partial charge in [0, 0.05) is 10.3 Å².